The summed E-state index contributed by atoms with van der Waals surface area (Å²) in [6.07, 6.45) is -0.0539. The summed E-state index contributed by atoms with van der Waals surface area (Å²) in [4.78, 5) is 20.6. The van der Waals surface area contributed by atoms with Gasteiger partial charge in [-0.1, -0.05) is 17.9 Å². The number of nitro benzene ring substituents is 1. The van der Waals surface area contributed by atoms with E-state index in [1.807, 2.05) is 0 Å². The summed E-state index contributed by atoms with van der Waals surface area (Å²) in [6, 6.07) is 4.66. The van der Waals surface area contributed by atoms with Crippen molar-refractivity contribution in [2.45, 2.75) is 13.3 Å². The standard InChI is InChI=1S/C11H10N2O3/c1-8-5-6-9(3-2-4-11(12)14)7-10(8)13(15)16/h5-7H,4H2,1H3,(H2,12,14). The lowest BCUT2D eigenvalue weighted by Crippen LogP contribution is -2.08. The van der Waals surface area contributed by atoms with Gasteiger partial charge in [0.1, 0.15) is 0 Å². The first-order valence-electron chi connectivity index (χ1n) is 4.53. The van der Waals surface area contributed by atoms with Crippen molar-refractivity contribution >= 4 is 11.6 Å². The van der Waals surface area contributed by atoms with Crippen LogP contribution in [0.1, 0.15) is 17.5 Å². The number of carbonyl (C=O) groups excluding carboxylic acids is 1. The van der Waals surface area contributed by atoms with Crippen molar-refractivity contribution in [1.29, 1.82) is 0 Å². The molecular formula is C11H10N2O3. The van der Waals surface area contributed by atoms with Crippen LogP contribution in [0.15, 0.2) is 18.2 Å². The SMILES string of the molecule is Cc1ccc(C#CCC(N)=O)cc1[N+](=O)[O-]. The third-order valence-corrected chi connectivity index (χ3v) is 1.90. The van der Waals surface area contributed by atoms with E-state index in [0.717, 1.165) is 0 Å². The number of aryl methyl sites for hydroxylation is 1. The molecule has 0 spiro atoms. The number of amides is 1. The first-order valence-corrected chi connectivity index (χ1v) is 4.53. The van der Waals surface area contributed by atoms with Gasteiger partial charge in [0, 0.05) is 17.2 Å². The van der Waals surface area contributed by atoms with E-state index in [1.165, 1.54) is 6.07 Å². The Morgan fingerprint density at radius 3 is 2.81 bits per heavy atom. The Bertz CT molecular complexity index is 498. The third-order valence-electron chi connectivity index (χ3n) is 1.90. The minimum absolute atomic E-state index is 0.0193. The van der Waals surface area contributed by atoms with E-state index >= 15 is 0 Å². The summed E-state index contributed by atoms with van der Waals surface area (Å²) < 4.78 is 0. The summed E-state index contributed by atoms with van der Waals surface area (Å²) >= 11 is 0. The zero-order chi connectivity index (χ0) is 12.1. The lowest BCUT2D eigenvalue weighted by Gasteiger charge is -1.96. The normalized spacial score (nSPS) is 9.06. The fourth-order valence-electron chi connectivity index (χ4n) is 1.12. The van der Waals surface area contributed by atoms with Gasteiger partial charge in [0.05, 0.1) is 11.3 Å². The van der Waals surface area contributed by atoms with Crippen LogP contribution < -0.4 is 5.73 Å². The number of hydrogen-bond acceptors (Lipinski definition) is 3. The molecule has 0 radical (unpaired) electrons. The van der Waals surface area contributed by atoms with E-state index in [-0.39, 0.29) is 12.1 Å². The van der Waals surface area contributed by atoms with E-state index in [4.69, 9.17) is 5.73 Å². The molecule has 0 aliphatic rings. The monoisotopic (exact) mass is 218 g/mol. The Kier molecular flexibility index (Phi) is 3.62. The van der Waals surface area contributed by atoms with Gasteiger partial charge in [-0.15, -0.1) is 0 Å². The summed E-state index contributed by atoms with van der Waals surface area (Å²) in [5.74, 6) is 4.66. The summed E-state index contributed by atoms with van der Waals surface area (Å²) in [5, 5.41) is 10.6. The van der Waals surface area contributed by atoms with Gasteiger partial charge in [0.2, 0.25) is 5.91 Å². The van der Waals surface area contributed by atoms with Crippen LogP contribution in [0, 0.1) is 28.9 Å². The van der Waals surface area contributed by atoms with Crippen LogP contribution in [0.2, 0.25) is 0 Å². The predicted molar refractivity (Wildman–Crippen MR) is 58.5 cm³/mol. The van der Waals surface area contributed by atoms with Crippen molar-refractivity contribution in [3.8, 4) is 11.8 Å². The minimum atomic E-state index is -0.519. The molecule has 0 atom stereocenters. The second-order valence-electron chi connectivity index (χ2n) is 3.20. The maximum Gasteiger partial charge on any atom is 0.273 e. The highest BCUT2D eigenvalue weighted by molar-refractivity contribution is 5.76. The van der Waals surface area contributed by atoms with Crippen LogP contribution in [0.4, 0.5) is 5.69 Å². The predicted octanol–water partition coefficient (Wildman–Crippen LogP) is 1.13. The van der Waals surface area contributed by atoms with Gasteiger partial charge in [-0.3, -0.25) is 14.9 Å². The lowest BCUT2D eigenvalue weighted by molar-refractivity contribution is -0.385. The lowest BCUT2D eigenvalue weighted by atomic mass is 10.1. The Balaban J connectivity index is 2.98. The topological polar surface area (TPSA) is 86.2 Å². The van der Waals surface area contributed by atoms with E-state index in [1.54, 1.807) is 19.1 Å². The van der Waals surface area contributed by atoms with Crippen LogP contribution in [0.5, 0.6) is 0 Å². The highest BCUT2D eigenvalue weighted by Gasteiger charge is 2.09. The number of benzene rings is 1. The highest BCUT2D eigenvalue weighted by atomic mass is 16.6. The second-order valence-corrected chi connectivity index (χ2v) is 3.20. The molecule has 0 bridgehead atoms. The van der Waals surface area contributed by atoms with E-state index in [2.05, 4.69) is 11.8 Å². The van der Waals surface area contributed by atoms with Gasteiger partial charge >= 0.3 is 0 Å². The first-order chi connectivity index (χ1) is 7.50. The molecule has 0 saturated carbocycles. The van der Waals surface area contributed by atoms with Gasteiger partial charge in [0.15, 0.2) is 0 Å². The molecular weight excluding hydrogens is 208 g/mol. The molecule has 5 nitrogen and oxygen atoms in total. The highest BCUT2D eigenvalue weighted by Crippen LogP contribution is 2.18. The zero-order valence-corrected chi connectivity index (χ0v) is 8.69. The van der Waals surface area contributed by atoms with Gasteiger partial charge in [-0.2, -0.15) is 0 Å². The molecule has 0 heterocycles. The fourth-order valence-corrected chi connectivity index (χ4v) is 1.12. The number of nitrogens with two attached hydrogens (primary N) is 1. The number of rotatable bonds is 2. The average molecular weight is 218 g/mol. The van der Waals surface area contributed by atoms with Crippen LogP contribution in [-0.2, 0) is 4.79 Å². The number of carbonyl (C=O) groups is 1. The Hall–Kier alpha value is -2.35. The van der Waals surface area contributed by atoms with Gasteiger partial charge < -0.3 is 5.73 Å². The number of nitrogens with zero attached hydrogens (tertiary/aromatic N) is 1. The largest absolute Gasteiger partial charge is 0.369 e. The maximum absolute atomic E-state index is 10.6. The Labute approximate surface area is 92.4 Å². The van der Waals surface area contributed by atoms with Crippen LogP contribution in [0.3, 0.4) is 0 Å². The fraction of sp³-hybridized carbons (Fsp3) is 0.182. The molecule has 16 heavy (non-hydrogen) atoms. The van der Waals surface area contributed by atoms with Crippen molar-refractivity contribution in [3.05, 3.63) is 39.4 Å². The van der Waals surface area contributed by atoms with Crippen LogP contribution in [-0.4, -0.2) is 10.8 Å². The van der Waals surface area contributed by atoms with Crippen molar-refractivity contribution in [2.24, 2.45) is 5.73 Å². The third kappa shape index (κ3) is 3.10. The summed E-state index contributed by atoms with van der Waals surface area (Å²) in [6.45, 7) is 1.65. The molecule has 0 aliphatic heterocycles. The summed E-state index contributed by atoms with van der Waals surface area (Å²) in [7, 11) is 0. The molecule has 1 amide bonds. The zero-order valence-electron chi connectivity index (χ0n) is 8.69. The molecule has 0 saturated heterocycles. The Morgan fingerprint density at radius 1 is 1.56 bits per heavy atom. The van der Waals surface area contributed by atoms with Gasteiger partial charge in [-0.25, -0.2) is 0 Å². The van der Waals surface area contributed by atoms with E-state index in [9.17, 15) is 14.9 Å². The van der Waals surface area contributed by atoms with Crippen molar-refractivity contribution in [3.63, 3.8) is 0 Å². The number of nitro groups is 1. The summed E-state index contributed by atoms with van der Waals surface area (Å²) in [5.41, 5.74) is 6.00. The van der Waals surface area contributed by atoms with Crippen LogP contribution >= 0.6 is 0 Å². The molecule has 1 aromatic rings. The van der Waals surface area contributed by atoms with Crippen LogP contribution in [0.25, 0.3) is 0 Å². The molecule has 82 valence electrons. The van der Waals surface area contributed by atoms with Gasteiger partial charge in [-0.05, 0) is 13.0 Å². The van der Waals surface area contributed by atoms with Gasteiger partial charge in [0.25, 0.3) is 5.69 Å². The van der Waals surface area contributed by atoms with E-state index in [0.29, 0.717) is 11.1 Å². The average Bonchev–Trinajstić information content (AvgIpc) is 2.19. The number of hydrogen-bond donors (Lipinski definition) is 1. The van der Waals surface area contributed by atoms with Crippen molar-refractivity contribution in [2.75, 3.05) is 0 Å². The molecule has 0 aromatic heterocycles. The Morgan fingerprint density at radius 2 is 2.25 bits per heavy atom. The van der Waals surface area contributed by atoms with Crippen molar-refractivity contribution < 1.29 is 9.72 Å². The smallest absolute Gasteiger partial charge is 0.273 e. The molecule has 0 fully saturated rings. The molecule has 5 heteroatoms. The molecule has 0 unspecified atom stereocenters. The minimum Gasteiger partial charge on any atom is -0.369 e. The molecule has 2 N–H and O–H groups in total. The van der Waals surface area contributed by atoms with Crippen molar-refractivity contribution in [1.82, 2.24) is 0 Å². The molecule has 0 aliphatic carbocycles. The van der Waals surface area contributed by atoms with E-state index < -0.39 is 10.8 Å². The first kappa shape index (κ1) is 11.7. The molecule has 1 rings (SSSR count). The maximum atomic E-state index is 10.6. The molecule has 1 aromatic carbocycles. The second kappa shape index (κ2) is 4.94. The quantitative estimate of drug-likeness (QED) is 0.458. The number of primary amides is 1.